The quantitative estimate of drug-likeness (QED) is 0.345. The number of rotatable bonds is 12. The van der Waals surface area contributed by atoms with E-state index >= 15 is 0 Å². The third-order valence-corrected chi connectivity index (χ3v) is 6.70. The Morgan fingerprint density at radius 3 is 2.76 bits per heavy atom. The number of carbonyl (C=O) groups is 1. The fourth-order valence-electron chi connectivity index (χ4n) is 4.69. The molecule has 1 aliphatic heterocycles. The van der Waals surface area contributed by atoms with Gasteiger partial charge < -0.3 is 24.8 Å². The minimum Gasteiger partial charge on any atom is -0.468 e. The number of ether oxygens (including phenoxy) is 3. The second kappa shape index (κ2) is 13.1. The van der Waals surface area contributed by atoms with Crippen LogP contribution in [0.5, 0.6) is 12.0 Å². The zero-order valence-electron chi connectivity index (χ0n) is 21.9. The van der Waals surface area contributed by atoms with Gasteiger partial charge >= 0.3 is 12.1 Å². The Morgan fingerprint density at radius 1 is 1.14 bits per heavy atom. The van der Waals surface area contributed by atoms with Crippen molar-refractivity contribution in [1.29, 1.82) is 0 Å². The minimum atomic E-state index is -0.225. The number of methoxy groups -OCH3 is 1. The third-order valence-electron chi connectivity index (χ3n) is 6.70. The number of carbonyl (C=O) groups excluding carboxylic acids is 1. The molecule has 10 heteroatoms. The normalized spacial score (nSPS) is 15.6. The molecule has 1 aromatic carbocycles. The molecule has 0 spiro atoms. The van der Waals surface area contributed by atoms with E-state index in [-0.39, 0.29) is 17.9 Å². The molecule has 3 aromatic rings. The van der Waals surface area contributed by atoms with Crippen LogP contribution in [0.1, 0.15) is 57.4 Å². The van der Waals surface area contributed by atoms with Gasteiger partial charge in [0.15, 0.2) is 17.0 Å². The molecular formula is C27H38N6O4. The zero-order valence-corrected chi connectivity index (χ0v) is 21.9. The monoisotopic (exact) mass is 510 g/mol. The standard InChI is InChI=1S/C27H38N6O4/c1-3-4-17-36-25-30-23(28)22-24(31-25)33(26(29-22)35-2)16-9-8-11-20-14-10-15-32(18-20)27(34)37-19-21-12-6-5-7-13-21/h5-7,12-13,20H,3-4,8-11,14-19H2,1-2H3,(H2,28,30,31). The summed E-state index contributed by atoms with van der Waals surface area (Å²) in [4.78, 5) is 27.7. The van der Waals surface area contributed by atoms with E-state index in [1.807, 2.05) is 39.8 Å². The molecule has 1 unspecified atom stereocenters. The number of likely N-dealkylation sites (tertiary alicyclic amines) is 1. The van der Waals surface area contributed by atoms with Gasteiger partial charge in [-0.2, -0.15) is 15.0 Å². The number of unbranched alkanes of at least 4 members (excludes halogenated alkanes) is 2. The van der Waals surface area contributed by atoms with Crippen LogP contribution >= 0.6 is 0 Å². The lowest BCUT2D eigenvalue weighted by atomic mass is 9.93. The number of fused-ring (bicyclic) bond motifs is 1. The summed E-state index contributed by atoms with van der Waals surface area (Å²) >= 11 is 0. The van der Waals surface area contributed by atoms with E-state index in [4.69, 9.17) is 19.9 Å². The number of imidazole rings is 1. The number of hydrogen-bond donors (Lipinski definition) is 1. The molecule has 3 heterocycles. The lowest BCUT2D eigenvalue weighted by molar-refractivity contribution is 0.0776. The minimum absolute atomic E-state index is 0.225. The van der Waals surface area contributed by atoms with Crippen molar-refractivity contribution in [3.05, 3.63) is 35.9 Å². The van der Waals surface area contributed by atoms with Crippen molar-refractivity contribution in [2.24, 2.45) is 5.92 Å². The highest BCUT2D eigenvalue weighted by molar-refractivity contribution is 5.83. The maximum absolute atomic E-state index is 12.6. The number of nitrogen functional groups attached to an aromatic ring is 1. The van der Waals surface area contributed by atoms with Gasteiger partial charge in [-0.3, -0.25) is 4.57 Å². The molecule has 2 aromatic heterocycles. The number of piperidine rings is 1. The molecular weight excluding hydrogens is 472 g/mol. The summed E-state index contributed by atoms with van der Waals surface area (Å²) in [5.74, 6) is 0.756. The van der Waals surface area contributed by atoms with Gasteiger partial charge in [-0.25, -0.2) is 4.79 Å². The molecule has 200 valence electrons. The van der Waals surface area contributed by atoms with Crippen LogP contribution in [0.2, 0.25) is 0 Å². The molecule has 0 radical (unpaired) electrons. The number of nitrogens with two attached hydrogens (primary N) is 1. The number of nitrogens with zero attached hydrogens (tertiary/aromatic N) is 5. The predicted octanol–water partition coefficient (Wildman–Crippen LogP) is 4.82. The summed E-state index contributed by atoms with van der Waals surface area (Å²) < 4.78 is 18.7. The Balaban J connectivity index is 1.29. The number of hydrogen-bond acceptors (Lipinski definition) is 8. The van der Waals surface area contributed by atoms with E-state index in [0.717, 1.165) is 63.6 Å². The molecule has 0 aliphatic carbocycles. The van der Waals surface area contributed by atoms with Crippen molar-refractivity contribution in [1.82, 2.24) is 24.4 Å². The number of anilines is 1. The van der Waals surface area contributed by atoms with Gasteiger partial charge in [0.2, 0.25) is 0 Å². The van der Waals surface area contributed by atoms with E-state index in [0.29, 0.717) is 42.9 Å². The zero-order chi connectivity index (χ0) is 26.0. The topological polar surface area (TPSA) is 118 Å². The summed E-state index contributed by atoms with van der Waals surface area (Å²) in [6.07, 6.45) is 6.83. The molecule has 1 saturated heterocycles. The van der Waals surface area contributed by atoms with E-state index in [2.05, 4.69) is 21.9 Å². The molecule has 0 bridgehead atoms. The Hall–Kier alpha value is -3.56. The summed E-state index contributed by atoms with van der Waals surface area (Å²) in [5.41, 5.74) is 8.29. The van der Waals surface area contributed by atoms with Crippen LogP contribution in [0.3, 0.4) is 0 Å². The first kappa shape index (κ1) is 26.5. The highest BCUT2D eigenvalue weighted by Gasteiger charge is 2.24. The Bertz CT molecular complexity index is 1150. The van der Waals surface area contributed by atoms with E-state index in [1.54, 1.807) is 7.11 Å². The van der Waals surface area contributed by atoms with Gasteiger partial charge in [0.25, 0.3) is 6.01 Å². The summed E-state index contributed by atoms with van der Waals surface area (Å²) in [7, 11) is 1.59. The fraction of sp³-hybridized carbons (Fsp3) is 0.556. The smallest absolute Gasteiger partial charge is 0.410 e. The molecule has 2 N–H and O–H groups in total. The number of benzene rings is 1. The molecule has 1 fully saturated rings. The third kappa shape index (κ3) is 7.02. The second-order valence-corrected chi connectivity index (χ2v) is 9.51. The molecule has 1 aliphatic rings. The first-order valence-electron chi connectivity index (χ1n) is 13.2. The maximum Gasteiger partial charge on any atom is 0.410 e. The van der Waals surface area contributed by atoms with Crippen LogP contribution in [0.25, 0.3) is 11.2 Å². The Morgan fingerprint density at radius 2 is 1.97 bits per heavy atom. The highest BCUT2D eigenvalue weighted by Crippen LogP contribution is 2.27. The van der Waals surface area contributed by atoms with Crippen molar-refractivity contribution in [2.75, 3.05) is 32.5 Å². The largest absolute Gasteiger partial charge is 0.468 e. The van der Waals surface area contributed by atoms with E-state index in [9.17, 15) is 4.79 Å². The summed E-state index contributed by atoms with van der Waals surface area (Å²) in [5, 5.41) is 0. The highest BCUT2D eigenvalue weighted by atomic mass is 16.6. The molecule has 4 rings (SSSR count). The van der Waals surface area contributed by atoms with Crippen molar-refractivity contribution < 1.29 is 19.0 Å². The summed E-state index contributed by atoms with van der Waals surface area (Å²) in [6.45, 7) is 5.15. The van der Waals surface area contributed by atoms with Gasteiger partial charge in [0.05, 0.1) is 13.7 Å². The van der Waals surface area contributed by atoms with Crippen molar-refractivity contribution in [3.63, 3.8) is 0 Å². The second-order valence-electron chi connectivity index (χ2n) is 9.51. The maximum atomic E-state index is 12.6. The number of amides is 1. The van der Waals surface area contributed by atoms with Crippen LogP contribution in [-0.4, -0.2) is 57.3 Å². The first-order chi connectivity index (χ1) is 18.1. The lowest BCUT2D eigenvalue weighted by Gasteiger charge is -2.32. The average Bonchev–Trinajstić information content (AvgIpc) is 3.28. The lowest BCUT2D eigenvalue weighted by Crippen LogP contribution is -2.40. The molecule has 10 nitrogen and oxygen atoms in total. The number of aromatic nitrogens is 4. The average molecular weight is 511 g/mol. The van der Waals surface area contributed by atoms with Gasteiger partial charge in [0.1, 0.15) is 6.61 Å². The van der Waals surface area contributed by atoms with Crippen molar-refractivity contribution >= 4 is 23.1 Å². The van der Waals surface area contributed by atoms with Crippen molar-refractivity contribution in [2.45, 2.75) is 65.0 Å². The van der Waals surface area contributed by atoms with Gasteiger partial charge in [-0.15, -0.1) is 0 Å². The molecule has 0 saturated carbocycles. The Labute approximate surface area is 218 Å². The van der Waals surface area contributed by atoms with Crippen LogP contribution in [-0.2, 0) is 17.9 Å². The molecule has 1 amide bonds. The van der Waals surface area contributed by atoms with Crippen molar-refractivity contribution in [3.8, 4) is 12.0 Å². The number of aryl methyl sites for hydroxylation is 1. The SMILES string of the molecule is CCCCOc1nc(N)c2nc(OC)n(CCCCC3CCCN(C(=O)OCc4ccccc4)C3)c2n1. The van der Waals surface area contributed by atoms with E-state index in [1.165, 1.54) is 0 Å². The van der Waals surface area contributed by atoms with Crippen LogP contribution in [0, 0.1) is 5.92 Å². The van der Waals surface area contributed by atoms with Crippen LogP contribution in [0.4, 0.5) is 10.6 Å². The van der Waals surface area contributed by atoms with Crippen LogP contribution < -0.4 is 15.2 Å². The molecule has 1 atom stereocenters. The molecule has 37 heavy (non-hydrogen) atoms. The fourth-order valence-corrected chi connectivity index (χ4v) is 4.69. The van der Waals surface area contributed by atoms with Crippen LogP contribution in [0.15, 0.2) is 30.3 Å². The van der Waals surface area contributed by atoms with E-state index < -0.39 is 0 Å². The predicted molar refractivity (Wildman–Crippen MR) is 141 cm³/mol. The van der Waals surface area contributed by atoms with Gasteiger partial charge in [-0.05, 0) is 43.6 Å². The summed E-state index contributed by atoms with van der Waals surface area (Å²) in [6, 6.07) is 10.5. The van der Waals surface area contributed by atoms with Gasteiger partial charge in [-0.1, -0.05) is 50.1 Å². The Kier molecular flexibility index (Phi) is 9.40. The first-order valence-corrected chi connectivity index (χ1v) is 13.2. The van der Waals surface area contributed by atoms with Gasteiger partial charge in [0, 0.05) is 19.6 Å².